The van der Waals surface area contributed by atoms with Gasteiger partial charge in [-0.1, -0.05) is 34.6 Å². The van der Waals surface area contributed by atoms with E-state index in [1.165, 1.54) is 0 Å². The second-order valence-corrected chi connectivity index (χ2v) is 6.93. The van der Waals surface area contributed by atoms with Gasteiger partial charge in [-0.15, -0.1) is 0 Å². The minimum atomic E-state index is -0.912. The summed E-state index contributed by atoms with van der Waals surface area (Å²) in [6.45, 7) is 11.7. The second-order valence-electron chi connectivity index (χ2n) is 6.93. The molecule has 3 N–H and O–H groups in total. The van der Waals surface area contributed by atoms with Gasteiger partial charge in [0.1, 0.15) is 0 Å². The van der Waals surface area contributed by atoms with Crippen LogP contribution in [0.25, 0.3) is 0 Å². The molecule has 1 unspecified atom stereocenters. The fourth-order valence-corrected chi connectivity index (χ4v) is 1.92. The number of rotatable bonds is 9. The Morgan fingerprint density at radius 2 is 1.86 bits per heavy atom. The van der Waals surface area contributed by atoms with E-state index in [2.05, 4.69) is 24.5 Å². The molecule has 21 heavy (non-hydrogen) atoms. The molecule has 0 aromatic heterocycles. The molecule has 6 heteroatoms. The SMILES string of the molecule is CC(C)COCCNC(=O)NC(CC(=O)O)CC(C)(C)C. The monoisotopic (exact) mass is 302 g/mol. The van der Waals surface area contributed by atoms with E-state index < -0.39 is 5.97 Å². The zero-order valence-electron chi connectivity index (χ0n) is 13.9. The summed E-state index contributed by atoms with van der Waals surface area (Å²) in [4.78, 5) is 22.6. The number of carbonyl (C=O) groups is 2. The Bertz CT molecular complexity index is 324. The molecule has 0 spiro atoms. The van der Waals surface area contributed by atoms with Crippen molar-refractivity contribution in [3.05, 3.63) is 0 Å². The number of urea groups is 1. The zero-order valence-corrected chi connectivity index (χ0v) is 13.9. The smallest absolute Gasteiger partial charge is 0.315 e. The van der Waals surface area contributed by atoms with Crippen LogP contribution in [-0.2, 0) is 9.53 Å². The van der Waals surface area contributed by atoms with Gasteiger partial charge in [-0.25, -0.2) is 4.79 Å². The van der Waals surface area contributed by atoms with Gasteiger partial charge in [0.25, 0.3) is 0 Å². The molecule has 124 valence electrons. The quantitative estimate of drug-likeness (QED) is 0.570. The normalized spacial score (nSPS) is 13.0. The highest BCUT2D eigenvalue weighted by Gasteiger charge is 2.22. The molecule has 0 aliphatic heterocycles. The molecule has 0 saturated carbocycles. The van der Waals surface area contributed by atoms with Crippen LogP contribution < -0.4 is 10.6 Å². The topological polar surface area (TPSA) is 87.7 Å². The predicted octanol–water partition coefficient (Wildman–Crippen LogP) is 2.24. The van der Waals surface area contributed by atoms with Crippen LogP contribution in [0.15, 0.2) is 0 Å². The molecule has 0 saturated heterocycles. The van der Waals surface area contributed by atoms with Gasteiger partial charge in [0.2, 0.25) is 0 Å². The van der Waals surface area contributed by atoms with E-state index >= 15 is 0 Å². The lowest BCUT2D eigenvalue weighted by atomic mass is 9.87. The van der Waals surface area contributed by atoms with Crippen molar-refractivity contribution in [2.45, 2.75) is 53.5 Å². The molecule has 0 aliphatic carbocycles. The third kappa shape index (κ3) is 13.4. The van der Waals surface area contributed by atoms with Crippen molar-refractivity contribution in [3.8, 4) is 0 Å². The van der Waals surface area contributed by atoms with E-state index in [4.69, 9.17) is 9.84 Å². The number of hydrogen-bond acceptors (Lipinski definition) is 3. The third-order valence-electron chi connectivity index (χ3n) is 2.60. The fourth-order valence-electron chi connectivity index (χ4n) is 1.92. The second kappa shape index (κ2) is 9.60. The standard InChI is InChI=1S/C15H30N2O4/c1-11(2)10-21-7-6-16-14(20)17-12(8-13(18)19)9-15(3,4)5/h11-12H,6-10H2,1-5H3,(H,18,19)(H2,16,17,20). The first-order chi connectivity index (χ1) is 9.60. The van der Waals surface area contributed by atoms with Gasteiger partial charge in [-0.3, -0.25) is 4.79 Å². The van der Waals surface area contributed by atoms with Gasteiger partial charge in [0.15, 0.2) is 0 Å². The Hall–Kier alpha value is -1.30. The fraction of sp³-hybridized carbons (Fsp3) is 0.867. The van der Waals surface area contributed by atoms with Gasteiger partial charge in [0.05, 0.1) is 13.0 Å². The summed E-state index contributed by atoms with van der Waals surface area (Å²) in [7, 11) is 0. The summed E-state index contributed by atoms with van der Waals surface area (Å²) >= 11 is 0. The summed E-state index contributed by atoms with van der Waals surface area (Å²) < 4.78 is 5.36. The minimum absolute atomic E-state index is 0.0478. The number of carbonyl (C=O) groups excluding carboxylic acids is 1. The van der Waals surface area contributed by atoms with Crippen LogP contribution >= 0.6 is 0 Å². The van der Waals surface area contributed by atoms with Gasteiger partial charge < -0.3 is 20.5 Å². The Balaban J connectivity index is 4.07. The maximum Gasteiger partial charge on any atom is 0.315 e. The molecule has 0 radical (unpaired) electrons. The van der Waals surface area contributed by atoms with Crippen LogP contribution in [0.3, 0.4) is 0 Å². The molecule has 1 atom stereocenters. The Kier molecular flexibility index (Phi) is 9.01. The van der Waals surface area contributed by atoms with E-state index in [1.54, 1.807) is 0 Å². The zero-order chi connectivity index (χ0) is 16.5. The van der Waals surface area contributed by atoms with Crippen molar-refractivity contribution in [2.75, 3.05) is 19.8 Å². The lowest BCUT2D eigenvalue weighted by Gasteiger charge is -2.25. The highest BCUT2D eigenvalue weighted by Crippen LogP contribution is 2.22. The maximum atomic E-state index is 11.7. The molecule has 0 heterocycles. The summed E-state index contributed by atoms with van der Waals surface area (Å²) in [6, 6.07) is -0.724. The van der Waals surface area contributed by atoms with Crippen LogP contribution in [0.4, 0.5) is 4.79 Å². The number of carboxylic acids is 1. The average molecular weight is 302 g/mol. The van der Waals surface area contributed by atoms with E-state index in [-0.39, 0.29) is 23.9 Å². The Labute approximate surface area is 127 Å². The van der Waals surface area contributed by atoms with Crippen molar-refractivity contribution in [2.24, 2.45) is 11.3 Å². The minimum Gasteiger partial charge on any atom is -0.481 e. The molecule has 0 fully saturated rings. The molecule has 2 amide bonds. The first-order valence-corrected chi connectivity index (χ1v) is 7.44. The summed E-state index contributed by atoms with van der Waals surface area (Å²) in [5.41, 5.74) is -0.0478. The molecular weight excluding hydrogens is 272 g/mol. The number of aliphatic carboxylic acids is 1. The van der Waals surface area contributed by atoms with Crippen LogP contribution in [-0.4, -0.2) is 42.9 Å². The molecule has 0 bridgehead atoms. The number of hydrogen-bond donors (Lipinski definition) is 3. The molecule has 0 aromatic rings. The van der Waals surface area contributed by atoms with Gasteiger partial charge >= 0.3 is 12.0 Å². The summed E-state index contributed by atoms with van der Waals surface area (Å²) in [5.74, 6) is -0.449. The average Bonchev–Trinajstić information content (AvgIpc) is 2.24. The summed E-state index contributed by atoms with van der Waals surface area (Å²) in [6.07, 6.45) is 0.533. The first-order valence-electron chi connectivity index (χ1n) is 7.44. The van der Waals surface area contributed by atoms with Crippen molar-refractivity contribution < 1.29 is 19.4 Å². The largest absolute Gasteiger partial charge is 0.481 e. The summed E-state index contributed by atoms with van der Waals surface area (Å²) in [5, 5.41) is 14.3. The molecule has 0 aliphatic rings. The lowest BCUT2D eigenvalue weighted by Crippen LogP contribution is -2.45. The first kappa shape index (κ1) is 19.7. The molecule has 0 rings (SSSR count). The van der Waals surface area contributed by atoms with Gasteiger partial charge in [0, 0.05) is 19.2 Å². The van der Waals surface area contributed by atoms with Gasteiger partial charge in [-0.05, 0) is 17.8 Å². The third-order valence-corrected chi connectivity index (χ3v) is 2.60. The number of amides is 2. The molecular formula is C15H30N2O4. The van der Waals surface area contributed by atoms with E-state index in [0.29, 0.717) is 32.1 Å². The highest BCUT2D eigenvalue weighted by atomic mass is 16.5. The van der Waals surface area contributed by atoms with Crippen molar-refractivity contribution >= 4 is 12.0 Å². The van der Waals surface area contributed by atoms with Crippen molar-refractivity contribution in [1.29, 1.82) is 0 Å². The lowest BCUT2D eigenvalue weighted by molar-refractivity contribution is -0.137. The molecule has 0 aromatic carbocycles. The number of carboxylic acid groups (broad SMARTS) is 1. The highest BCUT2D eigenvalue weighted by molar-refractivity contribution is 5.75. The van der Waals surface area contributed by atoms with Crippen LogP contribution in [0.5, 0.6) is 0 Å². The van der Waals surface area contributed by atoms with Crippen LogP contribution in [0.1, 0.15) is 47.5 Å². The van der Waals surface area contributed by atoms with Crippen molar-refractivity contribution in [3.63, 3.8) is 0 Å². The Morgan fingerprint density at radius 1 is 1.24 bits per heavy atom. The van der Waals surface area contributed by atoms with E-state index in [0.717, 1.165) is 0 Å². The van der Waals surface area contributed by atoms with Gasteiger partial charge in [-0.2, -0.15) is 0 Å². The van der Waals surface area contributed by atoms with Crippen LogP contribution in [0.2, 0.25) is 0 Å². The maximum absolute atomic E-state index is 11.7. The number of nitrogens with one attached hydrogen (secondary N) is 2. The Morgan fingerprint density at radius 3 is 2.33 bits per heavy atom. The van der Waals surface area contributed by atoms with E-state index in [9.17, 15) is 9.59 Å². The molecule has 6 nitrogen and oxygen atoms in total. The van der Waals surface area contributed by atoms with Crippen molar-refractivity contribution in [1.82, 2.24) is 10.6 Å². The number of ether oxygens (including phenoxy) is 1. The predicted molar refractivity (Wildman–Crippen MR) is 82.3 cm³/mol. The van der Waals surface area contributed by atoms with Crippen LogP contribution in [0, 0.1) is 11.3 Å². The van der Waals surface area contributed by atoms with E-state index in [1.807, 2.05) is 20.8 Å².